The summed E-state index contributed by atoms with van der Waals surface area (Å²) in [5.74, 6) is -0.249. The van der Waals surface area contributed by atoms with Crippen LogP contribution in [-0.2, 0) is 9.53 Å². The van der Waals surface area contributed by atoms with Gasteiger partial charge in [0.05, 0.1) is 24.4 Å². The van der Waals surface area contributed by atoms with E-state index in [0.717, 1.165) is 42.8 Å². The van der Waals surface area contributed by atoms with E-state index < -0.39 is 0 Å². The summed E-state index contributed by atoms with van der Waals surface area (Å²) in [7, 11) is 3.54. The third-order valence-electron chi connectivity index (χ3n) is 4.79. The van der Waals surface area contributed by atoms with Gasteiger partial charge < -0.3 is 14.5 Å². The van der Waals surface area contributed by atoms with E-state index in [2.05, 4.69) is 14.8 Å². The van der Waals surface area contributed by atoms with Crippen LogP contribution in [0, 0.1) is 0 Å². The van der Waals surface area contributed by atoms with E-state index in [4.69, 9.17) is 4.74 Å². The van der Waals surface area contributed by atoms with E-state index >= 15 is 0 Å². The smallest absolute Gasteiger partial charge is 0.341 e. The number of hydrogen-bond donors (Lipinski definition) is 0. The van der Waals surface area contributed by atoms with Crippen molar-refractivity contribution in [3.05, 3.63) is 36.0 Å². The summed E-state index contributed by atoms with van der Waals surface area (Å²) < 4.78 is 5.24. The van der Waals surface area contributed by atoms with E-state index in [9.17, 15) is 9.59 Å². The molecule has 0 radical (unpaired) electrons. The molecule has 27 heavy (non-hydrogen) atoms. The second-order valence-electron chi connectivity index (χ2n) is 6.81. The van der Waals surface area contributed by atoms with E-state index in [0.29, 0.717) is 18.7 Å². The minimum Gasteiger partial charge on any atom is -0.462 e. The van der Waals surface area contributed by atoms with Crippen molar-refractivity contribution in [2.24, 2.45) is 0 Å². The lowest BCUT2D eigenvalue weighted by atomic mass is 10.1. The predicted octanol–water partition coefficient (Wildman–Crippen LogP) is 1.62. The molecule has 1 fully saturated rings. The van der Waals surface area contributed by atoms with Crippen LogP contribution in [-0.4, -0.2) is 80.1 Å². The van der Waals surface area contributed by atoms with Gasteiger partial charge in [0, 0.05) is 51.9 Å². The average Bonchev–Trinajstić information content (AvgIpc) is 2.68. The third-order valence-corrected chi connectivity index (χ3v) is 4.79. The minimum absolute atomic E-state index is 0.102. The number of anilines is 1. The monoisotopic (exact) mass is 370 g/mol. The molecule has 144 valence electrons. The highest BCUT2D eigenvalue weighted by molar-refractivity contribution is 6.05. The number of amides is 1. The van der Waals surface area contributed by atoms with Crippen molar-refractivity contribution >= 4 is 28.5 Å². The van der Waals surface area contributed by atoms with Gasteiger partial charge in [0.2, 0.25) is 5.91 Å². The molecule has 0 bridgehead atoms. The molecule has 7 heteroatoms. The largest absolute Gasteiger partial charge is 0.462 e. The minimum atomic E-state index is -0.351. The van der Waals surface area contributed by atoms with Gasteiger partial charge in [-0.05, 0) is 13.0 Å². The van der Waals surface area contributed by atoms with Gasteiger partial charge in [0.15, 0.2) is 0 Å². The van der Waals surface area contributed by atoms with Crippen LogP contribution in [0.1, 0.15) is 17.3 Å². The number of aromatic nitrogens is 1. The van der Waals surface area contributed by atoms with Crippen molar-refractivity contribution in [1.82, 2.24) is 14.8 Å². The molecule has 1 aliphatic heterocycles. The number of pyridine rings is 1. The highest BCUT2D eigenvalue weighted by Crippen LogP contribution is 2.31. The molecular weight excluding hydrogens is 344 g/mol. The van der Waals surface area contributed by atoms with Gasteiger partial charge in [-0.3, -0.25) is 14.7 Å². The van der Waals surface area contributed by atoms with Crippen LogP contribution in [0.4, 0.5) is 5.69 Å². The van der Waals surface area contributed by atoms with Crippen LogP contribution in [0.15, 0.2) is 30.5 Å². The average molecular weight is 370 g/mol. The molecule has 1 aromatic carbocycles. The Bertz CT molecular complexity index is 829. The van der Waals surface area contributed by atoms with E-state index in [1.165, 1.54) is 0 Å². The van der Waals surface area contributed by atoms with E-state index in [1.54, 1.807) is 32.1 Å². The fourth-order valence-corrected chi connectivity index (χ4v) is 3.29. The molecule has 1 aromatic heterocycles. The number of piperazine rings is 1. The molecule has 1 saturated heterocycles. The van der Waals surface area contributed by atoms with Crippen molar-refractivity contribution in [2.45, 2.75) is 6.92 Å². The molecule has 1 aliphatic rings. The zero-order chi connectivity index (χ0) is 19.4. The summed E-state index contributed by atoms with van der Waals surface area (Å²) >= 11 is 0. The van der Waals surface area contributed by atoms with Crippen molar-refractivity contribution in [2.75, 3.05) is 58.3 Å². The SMILES string of the molecule is CCOC(=O)c1cnc2ccccc2c1N1CCN(CC(=O)N(C)C)CC1. The van der Waals surface area contributed by atoms with Crippen molar-refractivity contribution in [3.8, 4) is 0 Å². The van der Waals surface area contributed by atoms with Gasteiger partial charge in [0.25, 0.3) is 0 Å². The molecular formula is C20H26N4O3. The first-order valence-corrected chi connectivity index (χ1v) is 9.23. The van der Waals surface area contributed by atoms with Crippen LogP contribution in [0.3, 0.4) is 0 Å². The Hall–Kier alpha value is -2.67. The fraction of sp³-hybridized carbons (Fsp3) is 0.450. The maximum atomic E-state index is 12.5. The topological polar surface area (TPSA) is 66.0 Å². The van der Waals surface area contributed by atoms with Gasteiger partial charge in [-0.2, -0.15) is 0 Å². The maximum absolute atomic E-state index is 12.5. The lowest BCUT2D eigenvalue weighted by molar-refractivity contribution is -0.129. The molecule has 0 unspecified atom stereocenters. The molecule has 3 rings (SSSR count). The van der Waals surface area contributed by atoms with Crippen molar-refractivity contribution in [1.29, 1.82) is 0 Å². The van der Waals surface area contributed by atoms with Crippen molar-refractivity contribution < 1.29 is 14.3 Å². The Kier molecular flexibility index (Phi) is 5.91. The summed E-state index contributed by atoms with van der Waals surface area (Å²) in [6.07, 6.45) is 1.61. The Morgan fingerprint density at radius 1 is 1.15 bits per heavy atom. The first-order valence-electron chi connectivity index (χ1n) is 9.23. The Balaban J connectivity index is 1.86. The second-order valence-corrected chi connectivity index (χ2v) is 6.81. The molecule has 7 nitrogen and oxygen atoms in total. The summed E-state index contributed by atoms with van der Waals surface area (Å²) in [4.78, 5) is 34.8. The lowest BCUT2D eigenvalue weighted by Gasteiger charge is -2.37. The zero-order valence-electron chi connectivity index (χ0n) is 16.1. The van der Waals surface area contributed by atoms with Gasteiger partial charge >= 0.3 is 5.97 Å². The number of benzene rings is 1. The molecule has 0 spiro atoms. The molecule has 0 aliphatic carbocycles. The summed E-state index contributed by atoms with van der Waals surface area (Å²) in [5.41, 5.74) is 2.22. The highest BCUT2D eigenvalue weighted by atomic mass is 16.5. The highest BCUT2D eigenvalue weighted by Gasteiger charge is 2.25. The Morgan fingerprint density at radius 2 is 1.85 bits per heavy atom. The number of esters is 1. The molecule has 2 heterocycles. The van der Waals surface area contributed by atoms with Gasteiger partial charge in [-0.25, -0.2) is 4.79 Å². The first-order chi connectivity index (χ1) is 13.0. The van der Waals surface area contributed by atoms with Crippen LogP contribution < -0.4 is 4.90 Å². The first kappa shape index (κ1) is 19.1. The quantitative estimate of drug-likeness (QED) is 0.745. The van der Waals surface area contributed by atoms with Crippen LogP contribution in [0.5, 0.6) is 0 Å². The lowest BCUT2D eigenvalue weighted by Crippen LogP contribution is -2.49. The number of ether oxygens (including phenoxy) is 1. The summed E-state index contributed by atoms with van der Waals surface area (Å²) in [5, 5.41) is 0.945. The normalized spacial score (nSPS) is 15.0. The Labute approximate surface area is 159 Å². The number of carbonyl (C=O) groups is 2. The molecule has 0 N–H and O–H groups in total. The molecule has 2 aromatic rings. The van der Waals surface area contributed by atoms with Gasteiger partial charge in [-0.1, -0.05) is 18.2 Å². The zero-order valence-corrected chi connectivity index (χ0v) is 16.1. The van der Waals surface area contributed by atoms with Crippen LogP contribution >= 0.6 is 0 Å². The number of nitrogens with zero attached hydrogens (tertiary/aromatic N) is 4. The maximum Gasteiger partial charge on any atom is 0.341 e. The number of carbonyl (C=O) groups excluding carboxylic acids is 2. The van der Waals surface area contributed by atoms with E-state index in [1.807, 2.05) is 24.3 Å². The standard InChI is InChI=1S/C20H26N4O3/c1-4-27-20(26)16-13-21-17-8-6-5-7-15(17)19(16)24-11-9-23(10-12-24)14-18(25)22(2)3/h5-8,13H,4,9-12,14H2,1-3H3. The van der Waals surface area contributed by atoms with Gasteiger partial charge in [-0.15, -0.1) is 0 Å². The number of rotatable bonds is 5. The van der Waals surface area contributed by atoms with Crippen LogP contribution in [0.2, 0.25) is 0 Å². The second kappa shape index (κ2) is 8.35. The molecule has 0 saturated carbocycles. The molecule has 0 atom stereocenters. The third kappa shape index (κ3) is 4.19. The number of para-hydroxylation sites is 1. The van der Waals surface area contributed by atoms with Gasteiger partial charge in [0.1, 0.15) is 5.56 Å². The summed E-state index contributed by atoms with van der Waals surface area (Å²) in [6.45, 7) is 5.54. The number of fused-ring (bicyclic) bond motifs is 1. The predicted molar refractivity (Wildman–Crippen MR) is 105 cm³/mol. The summed E-state index contributed by atoms with van der Waals surface area (Å²) in [6, 6.07) is 7.82. The number of likely N-dealkylation sites (N-methyl/N-ethyl adjacent to an activating group) is 1. The fourth-order valence-electron chi connectivity index (χ4n) is 3.29. The van der Waals surface area contributed by atoms with Crippen LogP contribution in [0.25, 0.3) is 10.9 Å². The molecule has 1 amide bonds. The van der Waals surface area contributed by atoms with Crippen molar-refractivity contribution in [3.63, 3.8) is 0 Å². The number of hydrogen-bond acceptors (Lipinski definition) is 6. The van der Waals surface area contributed by atoms with E-state index in [-0.39, 0.29) is 11.9 Å². The Morgan fingerprint density at radius 3 is 2.52 bits per heavy atom.